The molecule has 4 nitrogen and oxygen atoms in total. The van der Waals surface area contributed by atoms with Crippen LogP contribution in [0.4, 0.5) is 0 Å². The summed E-state index contributed by atoms with van der Waals surface area (Å²) in [4.78, 5) is 13.4. The van der Waals surface area contributed by atoms with E-state index in [4.69, 9.17) is 0 Å². The quantitative estimate of drug-likeness (QED) is 0.573. The molecule has 0 radical (unpaired) electrons. The number of hydrogen-bond acceptors (Lipinski definition) is 4. The summed E-state index contributed by atoms with van der Waals surface area (Å²) in [7, 11) is 0. The number of halogens is 1. The van der Waals surface area contributed by atoms with Crippen LogP contribution in [0, 0.1) is 6.08 Å². The SMILES string of the molecule is [Br][Pt+].[C-]1=C(c2ccccn2)C2=NC=CNC2C=C1c1ccccn1. The summed E-state index contributed by atoms with van der Waals surface area (Å²) >= 11 is 4.86. The van der Waals surface area contributed by atoms with E-state index in [0.29, 0.717) is 0 Å². The maximum absolute atomic E-state index is 4.51. The third kappa shape index (κ3) is 3.63. The first-order valence-electron chi connectivity index (χ1n) is 7.21. The Morgan fingerprint density at radius 2 is 1.71 bits per heavy atom. The van der Waals surface area contributed by atoms with Gasteiger partial charge < -0.3 is 5.32 Å². The largest absolute Gasteiger partial charge is 0.391 e. The second-order valence-electron chi connectivity index (χ2n) is 4.98. The fraction of sp³-hybridized carbons (Fsp3) is 0.0556. The van der Waals surface area contributed by atoms with Crippen LogP contribution in [0.1, 0.15) is 11.4 Å². The molecule has 0 fully saturated rings. The fourth-order valence-corrected chi connectivity index (χ4v) is 2.56. The Bertz CT molecular complexity index is 813. The maximum Gasteiger partial charge on any atom is 0.0337 e. The Balaban J connectivity index is 0.000000815. The van der Waals surface area contributed by atoms with E-state index in [1.807, 2.05) is 60.4 Å². The number of allylic oxidation sites excluding steroid dienone is 2. The summed E-state index contributed by atoms with van der Waals surface area (Å²) < 4.78 is 0. The van der Waals surface area contributed by atoms with Gasteiger partial charge >= 0.3 is 31.1 Å². The van der Waals surface area contributed by atoms with Crippen LogP contribution in [0.3, 0.4) is 0 Å². The maximum atomic E-state index is 4.51. The second-order valence-corrected chi connectivity index (χ2v) is 4.98. The minimum atomic E-state index is 0.0141. The topological polar surface area (TPSA) is 50.2 Å². The van der Waals surface area contributed by atoms with Crippen LogP contribution in [-0.4, -0.2) is 21.7 Å². The molecular weight excluding hydrogens is 547 g/mol. The monoisotopic (exact) mass is 559 g/mol. The third-order valence-corrected chi connectivity index (χ3v) is 3.57. The standard InChI is InChI=1S/C18H13N4.BrH.Pt/c1-3-7-19-15(5-1)13-11-14(16-6-2-4-8-20-16)18-17(12-13)21-9-10-22-18;;/h1-10,12,17,21H;1H;/q-1;;+2/p-1. The average Bonchev–Trinajstić information content (AvgIpc) is 2.70. The molecule has 0 bridgehead atoms. The Morgan fingerprint density at radius 3 is 2.38 bits per heavy atom. The van der Waals surface area contributed by atoms with E-state index in [1.165, 1.54) is 0 Å². The predicted octanol–water partition coefficient (Wildman–Crippen LogP) is 3.49. The number of hydrogen-bond donors (Lipinski definition) is 1. The molecule has 0 saturated carbocycles. The number of fused-ring (bicyclic) bond motifs is 1. The van der Waals surface area contributed by atoms with Gasteiger partial charge in [0.1, 0.15) is 0 Å². The summed E-state index contributed by atoms with van der Waals surface area (Å²) in [6, 6.07) is 11.7. The van der Waals surface area contributed by atoms with Crippen LogP contribution < -0.4 is 5.32 Å². The van der Waals surface area contributed by atoms with Crippen molar-refractivity contribution < 1.29 is 17.8 Å². The molecule has 2 aliphatic rings. The van der Waals surface area contributed by atoms with E-state index in [-0.39, 0.29) is 6.04 Å². The zero-order chi connectivity index (χ0) is 16.8. The number of aliphatic imine (C=N–C) groups is 1. The van der Waals surface area contributed by atoms with Crippen molar-refractivity contribution in [3.8, 4) is 0 Å². The number of nitrogens with zero attached hydrogens (tertiary/aromatic N) is 3. The van der Waals surface area contributed by atoms with Crippen molar-refractivity contribution in [1.29, 1.82) is 0 Å². The molecule has 24 heavy (non-hydrogen) atoms. The van der Waals surface area contributed by atoms with Crippen LogP contribution >= 0.6 is 13.3 Å². The van der Waals surface area contributed by atoms with Crippen LogP contribution in [-0.2, 0) is 17.8 Å². The fourth-order valence-electron chi connectivity index (χ4n) is 2.56. The summed E-state index contributed by atoms with van der Waals surface area (Å²) in [5.74, 6) is 0. The third-order valence-electron chi connectivity index (χ3n) is 3.57. The van der Waals surface area contributed by atoms with Gasteiger partial charge in [0.05, 0.1) is 0 Å². The summed E-state index contributed by atoms with van der Waals surface area (Å²) in [5.41, 5.74) is 4.55. The van der Waals surface area contributed by atoms with Gasteiger partial charge in [0.15, 0.2) is 0 Å². The Labute approximate surface area is 158 Å². The smallest absolute Gasteiger partial charge is 0.0337 e. The van der Waals surface area contributed by atoms with E-state index in [2.05, 4.69) is 45.7 Å². The van der Waals surface area contributed by atoms with Crippen molar-refractivity contribution in [3.05, 3.63) is 84.7 Å². The second kappa shape index (κ2) is 8.31. The van der Waals surface area contributed by atoms with E-state index < -0.39 is 0 Å². The van der Waals surface area contributed by atoms with E-state index in [9.17, 15) is 0 Å². The van der Waals surface area contributed by atoms with Crippen molar-refractivity contribution in [1.82, 2.24) is 15.3 Å². The van der Waals surface area contributed by atoms with E-state index in [1.54, 1.807) is 18.6 Å². The van der Waals surface area contributed by atoms with Crippen molar-refractivity contribution in [2.45, 2.75) is 6.04 Å². The zero-order valence-corrected chi connectivity index (χ0v) is 16.3. The molecule has 6 heteroatoms. The summed E-state index contributed by atoms with van der Waals surface area (Å²) in [6.45, 7) is 0. The molecule has 2 aromatic heterocycles. The molecular formula is C18H13BrN4Pt. The van der Waals surface area contributed by atoms with Gasteiger partial charge in [-0.25, -0.2) is 0 Å². The van der Waals surface area contributed by atoms with E-state index in [0.717, 1.165) is 28.2 Å². The molecule has 1 N–H and O–H groups in total. The minimum absolute atomic E-state index is 0.0141. The molecule has 0 spiro atoms. The number of nitrogens with one attached hydrogen (secondary N) is 1. The first kappa shape index (κ1) is 17.0. The molecule has 3 heterocycles. The molecule has 0 amide bonds. The summed E-state index contributed by atoms with van der Waals surface area (Å²) in [5, 5.41) is 3.32. The molecule has 4 rings (SSSR count). The Morgan fingerprint density at radius 1 is 1.00 bits per heavy atom. The normalized spacial score (nSPS) is 18.1. The first-order chi connectivity index (χ1) is 11.9. The number of pyridine rings is 2. The average molecular weight is 560 g/mol. The van der Waals surface area contributed by atoms with Crippen LogP contribution in [0.2, 0.25) is 0 Å². The molecule has 2 aromatic rings. The van der Waals surface area contributed by atoms with Crippen molar-refractivity contribution >= 4 is 30.2 Å². The molecule has 1 unspecified atom stereocenters. The van der Waals surface area contributed by atoms with Crippen LogP contribution in [0.25, 0.3) is 11.1 Å². The van der Waals surface area contributed by atoms with Gasteiger partial charge in [-0.3, -0.25) is 15.0 Å². The van der Waals surface area contributed by atoms with Crippen LogP contribution in [0.5, 0.6) is 0 Å². The predicted molar refractivity (Wildman–Crippen MR) is 95.5 cm³/mol. The van der Waals surface area contributed by atoms with Crippen molar-refractivity contribution in [3.63, 3.8) is 0 Å². The van der Waals surface area contributed by atoms with Gasteiger partial charge in [0.2, 0.25) is 0 Å². The van der Waals surface area contributed by atoms with Crippen molar-refractivity contribution in [2.24, 2.45) is 4.99 Å². The van der Waals surface area contributed by atoms with Gasteiger partial charge in [0, 0.05) is 47.9 Å². The Kier molecular flexibility index (Phi) is 5.89. The molecule has 1 aliphatic carbocycles. The molecule has 1 aliphatic heterocycles. The minimum Gasteiger partial charge on any atom is -0.391 e. The molecule has 0 saturated heterocycles. The van der Waals surface area contributed by atoms with E-state index >= 15 is 0 Å². The first-order valence-corrected chi connectivity index (χ1v) is 12.2. The van der Waals surface area contributed by atoms with Gasteiger partial charge in [0.25, 0.3) is 0 Å². The zero-order valence-electron chi connectivity index (χ0n) is 12.5. The van der Waals surface area contributed by atoms with Gasteiger partial charge in [-0.2, -0.15) is 0 Å². The van der Waals surface area contributed by atoms with Gasteiger partial charge in [-0.05, 0) is 12.1 Å². The van der Waals surface area contributed by atoms with Crippen LogP contribution in [0.15, 0.2) is 72.3 Å². The Hall–Kier alpha value is -1.84. The van der Waals surface area contributed by atoms with Crippen molar-refractivity contribution in [2.75, 3.05) is 0 Å². The molecule has 1 atom stereocenters. The molecule has 0 aromatic carbocycles. The summed E-state index contributed by atoms with van der Waals surface area (Å²) in [6.07, 6.45) is 12.7. The van der Waals surface area contributed by atoms with Gasteiger partial charge in [-0.15, -0.1) is 12.2 Å². The number of rotatable bonds is 2. The molecule has 122 valence electrons. The van der Waals surface area contributed by atoms with Gasteiger partial charge in [-0.1, -0.05) is 35.4 Å². The number of aromatic nitrogens is 2.